The lowest BCUT2D eigenvalue weighted by atomic mass is 9.92. The minimum atomic E-state index is -0.609. The number of primary amides is 1. The molecule has 1 aliphatic rings. The van der Waals surface area contributed by atoms with Gasteiger partial charge in [-0.1, -0.05) is 0 Å². The maximum atomic E-state index is 12.7. The molecule has 1 saturated heterocycles. The van der Waals surface area contributed by atoms with E-state index in [1.807, 2.05) is 19.3 Å². The smallest absolute Gasteiger partial charge is 0.271 e. The van der Waals surface area contributed by atoms with Crippen molar-refractivity contribution in [3.8, 4) is 0 Å². The molecule has 1 fully saturated rings. The van der Waals surface area contributed by atoms with Crippen molar-refractivity contribution < 1.29 is 14.3 Å². The van der Waals surface area contributed by atoms with Gasteiger partial charge in [0.15, 0.2) is 0 Å². The first-order valence-corrected chi connectivity index (χ1v) is 6.71. The molecule has 0 spiro atoms. The van der Waals surface area contributed by atoms with Gasteiger partial charge in [-0.15, -0.1) is 0 Å². The molecule has 2 amide bonds. The molecule has 0 aliphatic carbocycles. The van der Waals surface area contributed by atoms with Crippen molar-refractivity contribution >= 4 is 11.8 Å². The topological polar surface area (TPSA) is 77.6 Å². The standard InChI is InChI=1S/C14H21N3O3/c1-16-7-3-5-11(16)13(19)17-8-4-6-14(17,10-20-2)9-12(15)18/h3,5,7H,4,6,8-10H2,1-2H3,(H2,15,18)/t14-/m0/s1. The van der Waals surface area contributed by atoms with E-state index in [1.54, 1.807) is 22.6 Å². The first-order chi connectivity index (χ1) is 9.50. The number of nitrogens with zero attached hydrogens (tertiary/aromatic N) is 2. The number of ether oxygens (including phenoxy) is 1. The van der Waals surface area contributed by atoms with Gasteiger partial charge in [0, 0.05) is 26.9 Å². The van der Waals surface area contributed by atoms with Gasteiger partial charge >= 0.3 is 0 Å². The molecule has 2 heterocycles. The van der Waals surface area contributed by atoms with Crippen molar-refractivity contribution in [1.82, 2.24) is 9.47 Å². The summed E-state index contributed by atoms with van der Waals surface area (Å²) in [5.41, 5.74) is 5.36. The van der Waals surface area contributed by atoms with Crippen molar-refractivity contribution in [1.29, 1.82) is 0 Å². The van der Waals surface area contributed by atoms with Crippen LogP contribution in [-0.2, 0) is 16.6 Å². The molecule has 6 nitrogen and oxygen atoms in total. The van der Waals surface area contributed by atoms with Crippen LogP contribution < -0.4 is 5.73 Å². The van der Waals surface area contributed by atoms with Crippen LogP contribution in [-0.4, -0.2) is 47.1 Å². The number of hydrogen-bond donors (Lipinski definition) is 1. The minimum absolute atomic E-state index is 0.0756. The molecular formula is C14H21N3O3. The zero-order valence-corrected chi connectivity index (χ0v) is 12.0. The lowest BCUT2D eigenvalue weighted by Gasteiger charge is -2.37. The van der Waals surface area contributed by atoms with E-state index in [0.29, 0.717) is 18.8 Å². The summed E-state index contributed by atoms with van der Waals surface area (Å²) in [7, 11) is 3.40. The highest BCUT2D eigenvalue weighted by Gasteiger charge is 2.45. The Morgan fingerprint density at radius 3 is 2.80 bits per heavy atom. The number of likely N-dealkylation sites (tertiary alicyclic amines) is 1. The van der Waals surface area contributed by atoms with E-state index in [-0.39, 0.29) is 12.3 Å². The summed E-state index contributed by atoms with van der Waals surface area (Å²) in [5, 5.41) is 0. The molecule has 0 radical (unpaired) electrons. The molecule has 20 heavy (non-hydrogen) atoms. The maximum Gasteiger partial charge on any atom is 0.271 e. The van der Waals surface area contributed by atoms with E-state index in [1.165, 1.54) is 0 Å². The van der Waals surface area contributed by atoms with Gasteiger partial charge < -0.3 is 19.9 Å². The SMILES string of the molecule is COC[C@@]1(CC(N)=O)CCCN1C(=O)c1cccn1C. The van der Waals surface area contributed by atoms with Gasteiger partial charge in [0.25, 0.3) is 5.91 Å². The minimum Gasteiger partial charge on any atom is -0.382 e. The Hall–Kier alpha value is -1.82. The first kappa shape index (κ1) is 14.6. The molecule has 1 atom stereocenters. The van der Waals surface area contributed by atoms with E-state index in [4.69, 9.17) is 10.5 Å². The zero-order chi connectivity index (χ0) is 14.8. The molecule has 1 aromatic heterocycles. The van der Waals surface area contributed by atoms with Gasteiger partial charge in [0.1, 0.15) is 5.69 Å². The molecule has 0 unspecified atom stereocenters. The largest absolute Gasteiger partial charge is 0.382 e. The molecule has 0 aromatic carbocycles. The first-order valence-electron chi connectivity index (χ1n) is 6.71. The van der Waals surface area contributed by atoms with Gasteiger partial charge in [-0.05, 0) is 25.0 Å². The monoisotopic (exact) mass is 279 g/mol. The number of rotatable bonds is 5. The highest BCUT2D eigenvalue weighted by molar-refractivity contribution is 5.94. The van der Waals surface area contributed by atoms with Crippen LogP contribution in [0.4, 0.5) is 0 Å². The summed E-state index contributed by atoms with van der Waals surface area (Å²) >= 11 is 0. The Kier molecular flexibility index (Phi) is 4.13. The Balaban J connectivity index is 2.30. The highest BCUT2D eigenvalue weighted by atomic mass is 16.5. The Morgan fingerprint density at radius 2 is 2.25 bits per heavy atom. The molecule has 2 N–H and O–H groups in total. The highest BCUT2D eigenvalue weighted by Crippen LogP contribution is 2.34. The molecular weight excluding hydrogens is 258 g/mol. The maximum absolute atomic E-state index is 12.7. The fourth-order valence-corrected chi connectivity index (χ4v) is 3.05. The Bertz CT molecular complexity index is 512. The van der Waals surface area contributed by atoms with Crippen molar-refractivity contribution in [3.63, 3.8) is 0 Å². The summed E-state index contributed by atoms with van der Waals surface area (Å²) in [4.78, 5) is 25.8. The van der Waals surface area contributed by atoms with Gasteiger partial charge in [0.2, 0.25) is 5.91 Å². The number of methoxy groups -OCH3 is 1. The normalized spacial score (nSPS) is 22.2. The van der Waals surface area contributed by atoms with E-state index in [9.17, 15) is 9.59 Å². The number of aromatic nitrogens is 1. The third kappa shape index (κ3) is 2.56. The van der Waals surface area contributed by atoms with Gasteiger partial charge in [-0.3, -0.25) is 9.59 Å². The fourth-order valence-electron chi connectivity index (χ4n) is 3.05. The number of carbonyl (C=O) groups is 2. The van der Waals surface area contributed by atoms with E-state index in [2.05, 4.69) is 0 Å². The number of nitrogens with two attached hydrogens (primary N) is 1. The molecule has 110 valence electrons. The molecule has 0 saturated carbocycles. The summed E-state index contributed by atoms with van der Waals surface area (Å²) in [6, 6.07) is 3.61. The molecule has 1 aliphatic heterocycles. The average molecular weight is 279 g/mol. The van der Waals surface area contributed by atoms with Crippen molar-refractivity contribution in [3.05, 3.63) is 24.0 Å². The van der Waals surface area contributed by atoms with Crippen molar-refractivity contribution in [2.75, 3.05) is 20.3 Å². The number of hydrogen-bond acceptors (Lipinski definition) is 3. The second-order valence-electron chi connectivity index (χ2n) is 5.37. The third-order valence-corrected chi connectivity index (χ3v) is 3.92. The summed E-state index contributed by atoms with van der Waals surface area (Å²) < 4.78 is 7.03. The fraction of sp³-hybridized carbons (Fsp3) is 0.571. The van der Waals surface area contributed by atoms with Crippen LogP contribution in [0.2, 0.25) is 0 Å². The van der Waals surface area contributed by atoms with Crippen LogP contribution in [0.15, 0.2) is 18.3 Å². The van der Waals surface area contributed by atoms with Crippen LogP contribution in [0.25, 0.3) is 0 Å². The quantitative estimate of drug-likeness (QED) is 0.853. The lowest BCUT2D eigenvalue weighted by Crippen LogP contribution is -2.52. The Morgan fingerprint density at radius 1 is 1.50 bits per heavy atom. The summed E-state index contributed by atoms with van der Waals surface area (Å²) in [5.74, 6) is -0.484. The third-order valence-electron chi connectivity index (χ3n) is 3.92. The second-order valence-corrected chi connectivity index (χ2v) is 5.37. The summed E-state index contributed by atoms with van der Waals surface area (Å²) in [6.07, 6.45) is 3.55. The number of aryl methyl sites for hydroxylation is 1. The Labute approximate surface area is 118 Å². The molecule has 0 bridgehead atoms. The van der Waals surface area contributed by atoms with Crippen LogP contribution in [0.5, 0.6) is 0 Å². The molecule has 6 heteroatoms. The molecule has 1 aromatic rings. The number of carbonyl (C=O) groups excluding carboxylic acids is 2. The van der Waals surface area contributed by atoms with Gasteiger partial charge in [-0.2, -0.15) is 0 Å². The lowest BCUT2D eigenvalue weighted by molar-refractivity contribution is -0.121. The molecule has 2 rings (SSSR count). The predicted molar refractivity (Wildman–Crippen MR) is 74.1 cm³/mol. The van der Waals surface area contributed by atoms with Crippen molar-refractivity contribution in [2.24, 2.45) is 12.8 Å². The second kappa shape index (κ2) is 5.66. The van der Waals surface area contributed by atoms with E-state index < -0.39 is 11.4 Å². The average Bonchev–Trinajstić information content (AvgIpc) is 2.95. The van der Waals surface area contributed by atoms with Crippen LogP contribution in [0.1, 0.15) is 29.8 Å². The predicted octanol–water partition coefficient (Wildman–Crippen LogP) is 0.522. The summed E-state index contributed by atoms with van der Waals surface area (Å²) in [6.45, 7) is 0.951. The van der Waals surface area contributed by atoms with E-state index >= 15 is 0 Å². The van der Waals surface area contributed by atoms with Crippen molar-refractivity contribution in [2.45, 2.75) is 24.8 Å². The van der Waals surface area contributed by atoms with Crippen LogP contribution in [0, 0.1) is 0 Å². The van der Waals surface area contributed by atoms with Crippen LogP contribution >= 0.6 is 0 Å². The van der Waals surface area contributed by atoms with Crippen LogP contribution in [0.3, 0.4) is 0 Å². The number of amides is 2. The zero-order valence-electron chi connectivity index (χ0n) is 12.0. The van der Waals surface area contributed by atoms with E-state index in [0.717, 1.165) is 12.8 Å². The van der Waals surface area contributed by atoms with Gasteiger partial charge in [-0.25, -0.2) is 0 Å². The van der Waals surface area contributed by atoms with Gasteiger partial charge in [0.05, 0.1) is 18.6 Å².